The average molecular weight is 562 g/mol. The highest BCUT2D eigenvalue weighted by atomic mass is 16.7. The molecule has 3 aromatic carbocycles. The van der Waals surface area contributed by atoms with Crippen LogP contribution in [0.3, 0.4) is 0 Å². The molecule has 0 spiro atoms. The van der Waals surface area contributed by atoms with Crippen LogP contribution in [-0.2, 0) is 9.53 Å². The van der Waals surface area contributed by atoms with E-state index in [9.17, 15) is 9.59 Å². The third kappa shape index (κ3) is 8.15. The van der Waals surface area contributed by atoms with Gasteiger partial charge in [-0.05, 0) is 60.9 Å². The van der Waals surface area contributed by atoms with Crippen molar-refractivity contribution in [1.82, 2.24) is 0 Å². The molecule has 1 aliphatic rings. The lowest BCUT2D eigenvalue weighted by Crippen LogP contribution is -2.29. The fourth-order valence-corrected chi connectivity index (χ4v) is 4.37. The number of hydrogen-bond acceptors (Lipinski definition) is 8. The summed E-state index contributed by atoms with van der Waals surface area (Å²) in [5.74, 6) is 1.47. The van der Waals surface area contributed by atoms with E-state index < -0.39 is 17.6 Å². The van der Waals surface area contributed by atoms with Gasteiger partial charge in [0.25, 0.3) is 0 Å². The number of amides is 2. The summed E-state index contributed by atoms with van der Waals surface area (Å²) < 4.78 is 22.2. The van der Waals surface area contributed by atoms with Crippen LogP contribution < -0.4 is 30.6 Å². The molecular weight excluding hydrogens is 526 g/mol. The number of hydrogen-bond donors (Lipinski definition) is 4. The zero-order valence-corrected chi connectivity index (χ0v) is 23.1. The monoisotopic (exact) mass is 561 g/mol. The Hall–Kier alpha value is -4.70. The topological polar surface area (TPSA) is 141 Å². The third-order valence-corrected chi connectivity index (χ3v) is 6.54. The van der Waals surface area contributed by atoms with E-state index in [4.69, 9.17) is 29.8 Å². The summed E-state index contributed by atoms with van der Waals surface area (Å²) in [6.07, 6.45) is 3.16. The number of nitrogens with two attached hydrogens (primary N) is 1. The van der Waals surface area contributed by atoms with Gasteiger partial charge in [-0.25, -0.2) is 4.79 Å². The minimum Gasteiger partial charge on any atom is -0.491 e. The van der Waals surface area contributed by atoms with Crippen LogP contribution >= 0.6 is 0 Å². The molecular formula is C31H35N3O7. The van der Waals surface area contributed by atoms with Crippen molar-refractivity contribution < 1.29 is 33.6 Å². The number of benzene rings is 3. The molecule has 0 aliphatic carbocycles. The molecule has 10 nitrogen and oxygen atoms in total. The molecule has 41 heavy (non-hydrogen) atoms. The van der Waals surface area contributed by atoms with Crippen molar-refractivity contribution in [2.45, 2.75) is 32.8 Å². The molecule has 0 saturated carbocycles. The van der Waals surface area contributed by atoms with E-state index in [0.717, 1.165) is 5.56 Å². The minimum atomic E-state index is -0.630. The third-order valence-electron chi connectivity index (χ3n) is 6.54. The molecule has 1 aliphatic heterocycles. The summed E-state index contributed by atoms with van der Waals surface area (Å²) >= 11 is 0. The highest BCUT2D eigenvalue weighted by Gasteiger charge is 2.34. The van der Waals surface area contributed by atoms with Gasteiger partial charge in [-0.3, -0.25) is 10.1 Å². The van der Waals surface area contributed by atoms with E-state index >= 15 is 0 Å². The van der Waals surface area contributed by atoms with Gasteiger partial charge in [-0.15, -0.1) is 0 Å². The van der Waals surface area contributed by atoms with Gasteiger partial charge in [0.15, 0.2) is 11.5 Å². The maximum Gasteiger partial charge on any atom is 0.412 e. The second kappa shape index (κ2) is 13.6. The fourth-order valence-electron chi connectivity index (χ4n) is 4.37. The van der Waals surface area contributed by atoms with Crippen LogP contribution in [0.25, 0.3) is 0 Å². The average Bonchev–Trinajstić information content (AvgIpc) is 3.42. The van der Waals surface area contributed by atoms with Crippen LogP contribution in [0, 0.1) is 5.41 Å². The zero-order chi connectivity index (χ0) is 29.2. The zero-order valence-electron chi connectivity index (χ0n) is 23.1. The number of rotatable bonds is 12. The van der Waals surface area contributed by atoms with Crippen molar-refractivity contribution >= 4 is 29.1 Å². The summed E-state index contributed by atoms with van der Waals surface area (Å²) in [7, 11) is 0. The number of ether oxygens (including phenoxy) is 4. The van der Waals surface area contributed by atoms with E-state index in [-0.39, 0.29) is 25.9 Å². The molecule has 5 N–H and O–H groups in total. The first kappa shape index (κ1) is 29.3. The lowest BCUT2D eigenvalue weighted by Gasteiger charge is -2.34. The van der Waals surface area contributed by atoms with E-state index in [1.165, 1.54) is 6.08 Å². The molecule has 0 bridgehead atoms. The van der Waals surface area contributed by atoms with Crippen molar-refractivity contribution in [1.29, 1.82) is 0 Å². The summed E-state index contributed by atoms with van der Waals surface area (Å²) in [5, 5.41) is 14.6. The first-order valence-electron chi connectivity index (χ1n) is 13.3. The number of carbonyl (C=O) groups is 2. The lowest BCUT2D eigenvalue weighted by molar-refractivity contribution is -0.111. The largest absolute Gasteiger partial charge is 0.491 e. The predicted octanol–water partition coefficient (Wildman–Crippen LogP) is 5.66. The molecule has 0 unspecified atom stereocenters. The smallest absolute Gasteiger partial charge is 0.412 e. The molecule has 4 rings (SSSR count). The summed E-state index contributed by atoms with van der Waals surface area (Å²) in [4.78, 5) is 25.4. The van der Waals surface area contributed by atoms with Crippen LogP contribution in [0.15, 0.2) is 78.9 Å². The predicted molar refractivity (Wildman–Crippen MR) is 156 cm³/mol. The van der Waals surface area contributed by atoms with Crippen molar-refractivity contribution in [2.24, 2.45) is 5.41 Å². The molecule has 216 valence electrons. The van der Waals surface area contributed by atoms with Crippen LogP contribution in [-0.4, -0.2) is 37.1 Å². The van der Waals surface area contributed by atoms with Crippen molar-refractivity contribution in [3.05, 3.63) is 84.4 Å². The SMILES string of the molecule is CC(C)(CC/C=C/C(=O)Nc1ccccc1N)[C@H](OC(=O)Nc1ccc2c(c1)OCO2)c1ccc(OCCO)cc1. The summed E-state index contributed by atoms with van der Waals surface area (Å²) in [6, 6.07) is 19.4. The van der Waals surface area contributed by atoms with Gasteiger partial charge in [0, 0.05) is 17.2 Å². The highest BCUT2D eigenvalue weighted by Crippen LogP contribution is 2.41. The number of nitrogens with one attached hydrogen (secondary N) is 2. The van der Waals surface area contributed by atoms with Crippen LogP contribution in [0.2, 0.25) is 0 Å². The Balaban J connectivity index is 1.43. The van der Waals surface area contributed by atoms with Gasteiger partial charge in [0.1, 0.15) is 18.5 Å². The molecule has 3 aromatic rings. The number of aliphatic hydroxyl groups is 1. The van der Waals surface area contributed by atoms with Gasteiger partial charge < -0.3 is 35.1 Å². The minimum absolute atomic E-state index is 0.0924. The second-order valence-corrected chi connectivity index (χ2v) is 10.1. The number of para-hydroxylation sites is 2. The van der Waals surface area contributed by atoms with E-state index in [0.29, 0.717) is 47.2 Å². The first-order valence-corrected chi connectivity index (χ1v) is 13.3. The quantitative estimate of drug-likeness (QED) is 0.164. The Kier molecular flexibility index (Phi) is 9.70. The molecule has 0 saturated heterocycles. The normalized spacial score (nSPS) is 13.0. The number of fused-ring (bicyclic) bond motifs is 1. The lowest BCUT2D eigenvalue weighted by atomic mass is 9.78. The molecule has 1 atom stereocenters. The Morgan fingerprint density at radius 2 is 1.80 bits per heavy atom. The first-order chi connectivity index (χ1) is 19.7. The van der Waals surface area contributed by atoms with Crippen molar-refractivity contribution in [2.75, 3.05) is 36.4 Å². The van der Waals surface area contributed by atoms with Gasteiger partial charge >= 0.3 is 6.09 Å². The van der Waals surface area contributed by atoms with Gasteiger partial charge in [0.05, 0.1) is 18.0 Å². The number of allylic oxidation sites excluding steroid dienone is 1. The Labute approximate surface area is 239 Å². The number of anilines is 3. The maximum atomic E-state index is 13.0. The molecule has 1 heterocycles. The molecule has 2 amide bonds. The Morgan fingerprint density at radius 1 is 1.05 bits per heavy atom. The van der Waals surface area contributed by atoms with E-state index in [1.54, 1.807) is 60.7 Å². The van der Waals surface area contributed by atoms with Gasteiger partial charge in [0.2, 0.25) is 12.7 Å². The van der Waals surface area contributed by atoms with Gasteiger partial charge in [-0.2, -0.15) is 0 Å². The van der Waals surface area contributed by atoms with E-state index in [1.807, 2.05) is 26.0 Å². The van der Waals surface area contributed by atoms with Crippen LogP contribution in [0.1, 0.15) is 38.4 Å². The van der Waals surface area contributed by atoms with Gasteiger partial charge in [-0.1, -0.05) is 44.2 Å². The Bertz CT molecular complexity index is 1370. The molecule has 0 aromatic heterocycles. The van der Waals surface area contributed by atoms with Crippen molar-refractivity contribution in [3.63, 3.8) is 0 Å². The molecule has 0 radical (unpaired) electrons. The fraction of sp³-hybridized carbons (Fsp3) is 0.290. The van der Waals surface area contributed by atoms with Crippen molar-refractivity contribution in [3.8, 4) is 17.2 Å². The van der Waals surface area contributed by atoms with E-state index in [2.05, 4.69) is 10.6 Å². The Morgan fingerprint density at radius 3 is 2.56 bits per heavy atom. The summed E-state index contributed by atoms with van der Waals surface area (Å²) in [6.45, 7) is 4.22. The molecule has 10 heteroatoms. The number of nitrogen functional groups attached to an aromatic ring is 1. The maximum absolute atomic E-state index is 13.0. The van der Waals surface area contributed by atoms with Crippen LogP contribution in [0.4, 0.5) is 21.9 Å². The summed E-state index contributed by atoms with van der Waals surface area (Å²) in [5.41, 5.74) is 7.70. The van der Waals surface area contributed by atoms with Crippen LogP contribution in [0.5, 0.6) is 17.2 Å². The second-order valence-electron chi connectivity index (χ2n) is 10.1. The standard InChI is InChI=1S/C31H35N3O7/c1-31(2,16-6-5-9-28(36)34-25-8-4-3-7-24(25)32)29(21-10-13-23(14-11-21)38-18-17-35)41-30(37)33-22-12-15-26-27(19-22)40-20-39-26/h3-5,7-15,19,29,35H,6,16-18,20,32H2,1-2H3,(H,33,37)(H,34,36)/b9-5+/t29-/m1/s1. The number of aliphatic hydroxyl groups excluding tert-OH is 1. The number of carbonyl (C=O) groups excluding carboxylic acids is 2. The molecule has 0 fully saturated rings. The highest BCUT2D eigenvalue weighted by molar-refractivity contribution is 6.01.